The Morgan fingerprint density at radius 3 is 1.76 bits per heavy atom. The molecule has 0 aromatic heterocycles. The Labute approximate surface area is 104 Å². The van der Waals surface area contributed by atoms with Crippen LogP contribution in [0.5, 0.6) is 0 Å². The van der Waals surface area contributed by atoms with E-state index in [-0.39, 0.29) is 0 Å². The van der Waals surface area contributed by atoms with Gasteiger partial charge in [0, 0.05) is 39.4 Å². The molecule has 3 aliphatic rings. The van der Waals surface area contributed by atoms with Crippen molar-refractivity contribution in [2.45, 2.75) is 37.9 Å². The van der Waals surface area contributed by atoms with Gasteiger partial charge in [0.1, 0.15) is 0 Å². The molecule has 0 amide bonds. The maximum absolute atomic E-state index is 5.70. The summed E-state index contributed by atoms with van der Waals surface area (Å²) in [6, 6.07) is 0. The third kappa shape index (κ3) is 3.19. The molecule has 98 valence electrons. The van der Waals surface area contributed by atoms with Gasteiger partial charge in [0.25, 0.3) is 0 Å². The summed E-state index contributed by atoms with van der Waals surface area (Å²) in [4.78, 5) is 5.07. The van der Waals surface area contributed by atoms with Crippen molar-refractivity contribution in [2.24, 2.45) is 0 Å². The smallest absolute Gasteiger partial charge is 0.0703 e. The lowest BCUT2D eigenvalue weighted by atomic mass is 10.2. The van der Waals surface area contributed by atoms with Gasteiger partial charge in [-0.05, 0) is 25.7 Å². The van der Waals surface area contributed by atoms with Gasteiger partial charge in [-0.25, -0.2) is 0 Å². The van der Waals surface area contributed by atoms with E-state index >= 15 is 0 Å². The second kappa shape index (κ2) is 5.65. The van der Waals surface area contributed by atoms with Crippen LogP contribution >= 0.6 is 0 Å². The Morgan fingerprint density at radius 2 is 1.35 bits per heavy atom. The molecule has 4 heteroatoms. The fourth-order valence-electron chi connectivity index (χ4n) is 3.16. The number of hydrogen-bond acceptors (Lipinski definition) is 4. The number of rotatable bonds is 4. The second-order valence-corrected chi connectivity index (χ2v) is 5.57. The Balaban J connectivity index is 1.38. The number of nitrogens with zero attached hydrogens (tertiary/aromatic N) is 2. The molecular weight excluding hydrogens is 216 g/mol. The van der Waals surface area contributed by atoms with Crippen LogP contribution in [0.1, 0.15) is 25.7 Å². The first-order chi connectivity index (χ1) is 8.40. The average Bonchev–Trinajstić information content (AvgIpc) is 3.02. The van der Waals surface area contributed by atoms with Gasteiger partial charge in [-0.15, -0.1) is 0 Å². The van der Waals surface area contributed by atoms with Crippen LogP contribution in [0.3, 0.4) is 0 Å². The quantitative estimate of drug-likeness (QED) is 0.729. The van der Waals surface area contributed by atoms with Crippen LogP contribution in [0.2, 0.25) is 0 Å². The van der Waals surface area contributed by atoms with E-state index < -0.39 is 0 Å². The molecule has 3 aliphatic heterocycles. The summed E-state index contributed by atoms with van der Waals surface area (Å²) in [7, 11) is 0. The summed E-state index contributed by atoms with van der Waals surface area (Å²) in [6.07, 6.45) is 6.00. The molecule has 0 saturated carbocycles. The Hall–Kier alpha value is -0.160. The first kappa shape index (κ1) is 11.9. The van der Waals surface area contributed by atoms with Crippen molar-refractivity contribution in [1.29, 1.82) is 0 Å². The molecule has 0 radical (unpaired) electrons. The topological polar surface area (TPSA) is 24.9 Å². The fourth-order valence-corrected chi connectivity index (χ4v) is 3.16. The normalized spacial score (nSPS) is 36.0. The highest BCUT2D eigenvalue weighted by Gasteiger charge is 2.27. The highest BCUT2D eigenvalue weighted by atomic mass is 16.5. The predicted octanol–water partition coefficient (Wildman–Crippen LogP) is 0.919. The van der Waals surface area contributed by atoms with Gasteiger partial charge in [-0.1, -0.05) is 0 Å². The summed E-state index contributed by atoms with van der Waals surface area (Å²) in [5.74, 6) is 0. The largest absolute Gasteiger partial charge is 0.377 e. The van der Waals surface area contributed by atoms with Crippen molar-refractivity contribution in [3.63, 3.8) is 0 Å². The van der Waals surface area contributed by atoms with E-state index in [2.05, 4.69) is 9.80 Å². The lowest BCUT2D eigenvalue weighted by Crippen LogP contribution is -2.34. The monoisotopic (exact) mass is 240 g/mol. The van der Waals surface area contributed by atoms with E-state index in [1.54, 1.807) is 0 Å². The average molecular weight is 240 g/mol. The minimum atomic E-state index is 0.498. The third-order valence-corrected chi connectivity index (χ3v) is 4.10. The maximum Gasteiger partial charge on any atom is 0.0703 e. The molecule has 2 atom stereocenters. The van der Waals surface area contributed by atoms with E-state index in [1.165, 1.54) is 38.8 Å². The molecule has 17 heavy (non-hydrogen) atoms. The van der Waals surface area contributed by atoms with Crippen molar-refractivity contribution in [2.75, 3.05) is 46.1 Å². The molecule has 4 nitrogen and oxygen atoms in total. The van der Waals surface area contributed by atoms with E-state index in [4.69, 9.17) is 9.47 Å². The summed E-state index contributed by atoms with van der Waals surface area (Å²) in [6.45, 7) is 7.71. The highest BCUT2D eigenvalue weighted by molar-refractivity contribution is 4.79. The molecule has 3 rings (SSSR count). The van der Waals surface area contributed by atoms with E-state index in [0.717, 1.165) is 33.0 Å². The van der Waals surface area contributed by atoms with E-state index in [1.807, 2.05) is 0 Å². The van der Waals surface area contributed by atoms with Crippen LogP contribution in [0, 0.1) is 0 Å². The van der Waals surface area contributed by atoms with Crippen molar-refractivity contribution < 1.29 is 9.47 Å². The first-order valence-electron chi connectivity index (χ1n) is 7.08. The molecule has 0 N–H and O–H groups in total. The molecule has 0 bridgehead atoms. The molecule has 0 aliphatic carbocycles. The molecule has 0 aromatic rings. The van der Waals surface area contributed by atoms with Crippen LogP contribution in [0.15, 0.2) is 0 Å². The standard InChI is InChI=1S/C13H24N2O2/c1-3-12(16-7-1)9-14-5-6-15(11-14)10-13-4-2-8-17-13/h12-13H,1-11H2. The zero-order chi connectivity index (χ0) is 11.5. The maximum atomic E-state index is 5.70. The van der Waals surface area contributed by atoms with Crippen LogP contribution in [0.4, 0.5) is 0 Å². The first-order valence-corrected chi connectivity index (χ1v) is 7.08. The molecular formula is C13H24N2O2. The Kier molecular flexibility index (Phi) is 3.96. The summed E-state index contributed by atoms with van der Waals surface area (Å²) < 4.78 is 11.4. The second-order valence-electron chi connectivity index (χ2n) is 5.57. The minimum absolute atomic E-state index is 0.498. The third-order valence-electron chi connectivity index (χ3n) is 4.10. The Bertz CT molecular complexity index is 214. The summed E-state index contributed by atoms with van der Waals surface area (Å²) in [5, 5.41) is 0. The van der Waals surface area contributed by atoms with Gasteiger partial charge in [-0.3, -0.25) is 9.80 Å². The highest BCUT2D eigenvalue weighted by Crippen LogP contribution is 2.18. The van der Waals surface area contributed by atoms with Gasteiger partial charge >= 0.3 is 0 Å². The lowest BCUT2D eigenvalue weighted by Gasteiger charge is -2.22. The van der Waals surface area contributed by atoms with Crippen LogP contribution in [-0.2, 0) is 9.47 Å². The molecule has 3 saturated heterocycles. The fraction of sp³-hybridized carbons (Fsp3) is 1.00. The van der Waals surface area contributed by atoms with E-state index in [9.17, 15) is 0 Å². The van der Waals surface area contributed by atoms with Crippen LogP contribution in [-0.4, -0.2) is 68.1 Å². The Morgan fingerprint density at radius 1 is 0.824 bits per heavy atom. The van der Waals surface area contributed by atoms with Gasteiger partial charge in [-0.2, -0.15) is 0 Å². The van der Waals surface area contributed by atoms with E-state index in [0.29, 0.717) is 12.2 Å². The van der Waals surface area contributed by atoms with Crippen LogP contribution < -0.4 is 0 Å². The van der Waals surface area contributed by atoms with Gasteiger partial charge in [0.15, 0.2) is 0 Å². The van der Waals surface area contributed by atoms with Gasteiger partial charge in [0.2, 0.25) is 0 Å². The van der Waals surface area contributed by atoms with Gasteiger partial charge < -0.3 is 9.47 Å². The SMILES string of the molecule is C1COC(CN2CCN(CC3CCCO3)C2)C1. The molecule has 2 unspecified atom stereocenters. The van der Waals surface area contributed by atoms with Crippen molar-refractivity contribution in [3.05, 3.63) is 0 Å². The summed E-state index contributed by atoms with van der Waals surface area (Å²) >= 11 is 0. The molecule has 0 spiro atoms. The van der Waals surface area contributed by atoms with Crippen LogP contribution in [0.25, 0.3) is 0 Å². The zero-order valence-electron chi connectivity index (χ0n) is 10.6. The van der Waals surface area contributed by atoms with Crippen molar-refractivity contribution in [1.82, 2.24) is 9.80 Å². The number of ether oxygens (including phenoxy) is 2. The van der Waals surface area contributed by atoms with Crippen molar-refractivity contribution in [3.8, 4) is 0 Å². The molecule has 0 aromatic carbocycles. The van der Waals surface area contributed by atoms with Crippen molar-refractivity contribution >= 4 is 0 Å². The predicted molar refractivity (Wildman–Crippen MR) is 66.0 cm³/mol. The number of hydrogen-bond donors (Lipinski definition) is 0. The molecule has 3 heterocycles. The van der Waals surface area contributed by atoms with Gasteiger partial charge in [0.05, 0.1) is 18.9 Å². The molecule has 3 fully saturated rings. The lowest BCUT2D eigenvalue weighted by molar-refractivity contribution is 0.0599. The summed E-state index contributed by atoms with van der Waals surface area (Å²) in [5.41, 5.74) is 0. The zero-order valence-corrected chi connectivity index (χ0v) is 10.6. The minimum Gasteiger partial charge on any atom is -0.377 e.